The van der Waals surface area contributed by atoms with Crippen LogP contribution in [0.25, 0.3) is 0 Å². The molecule has 5 heteroatoms. The lowest BCUT2D eigenvalue weighted by atomic mass is 10.1. The lowest BCUT2D eigenvalue weighted by molar-refractivity contribution is 0.0924. The summed E-state index contributed by atoms with van der Waals surface area (Å²) in [7, 11) is 0. The van der Waals surface area contributed by atoms with Gasteiger partial charge in [0.05, 0.1) is 0 Å². The highest BCUT2D eigenvalue weighted by Gasteiger charge is 2.15. The van der Waals surface area contributed by atoms with Crippen LogP contribution in [0.5, 0.6) is 0 Å². The number of hydrogen-bond donors (Lipinski definition) is 2. The lowest BCUT2D eigenvalue weighted by Gasteiger charge is -2.08. The number of amides is 1. The van der Waals surface area contributed by atoms with E-state index >= 15 is 0 Å². The van der Waals surface area contributed by atoms with Crippen LogP contribution >= 0.6 is 11.6 Å². The number of rotatable bonds is 4. The van der Waals surface area contributed by atoms with E-state index in [2.05, 4.69) is 10.6 Å². The average molecular weight is 243 g/mol. The van der Waals surface area contributed by atoms with Crippen LogP contribution in [0.4, 0.5) is 0 Å². The van der Waals surface area contributed by atoms with Crippen molar-refractivity contribution < 1.29 is 9.21 Å². The molecule has 2 heterocycles. The third-order valence-electron chi connectivity index (χ3n) is 2.80. The molecule has 1 unspecified atom stereocenters. The molecule has 1 aliphatic rings. The molecule has 88 valence electrons. The van der Waals surface area contributed by atoms with Crippen LogP contribution in [0, 0.1) is 5.92 Å². The van der Waals surface area contributed by atoms with Crippen molar-refractivity contribution in [2.75, 3.05) is 19.6 Å². The summed E-state index contributed by atoms with van der Waals surface area (Å²) in [5, 5.41) is 6.36. The molecule has 1 fully saturated rings. The van der Waals surface area contributed by atoms with E-state index in [1.165, 1.54) is 6.42 Å². The molecule has 0 aliphatic carbocycles. The maximum atomic E-state index is 11.6. The summed E-state index contributed by atoms with van der Waals surface area (Å²) in [5.74, 6) is 0.757. The first kappa shape index (κ1) is 11.5. The van der Waals surface area contributed by atoms with Gasteiger partial charge in [0.2, 0.25) is 0 Å². The Morgan fingerprint density at radius 1 is 1.62 bits per heavy atom. The van der Waals surface area contributed by atoms with Gasteiger partial charge in [-0.05, 0) is 55.6 Å². The van der Waals surface area contributed by atoms with E-state index in [0.29, 0.717) is 12.5 Å². The Morgan fingerprint density at radius 2 is 2.50 bits per heavy atom. The molecule has 0 saturated carbocycles. The standard InChI is InChI=1S/C11H15ClN2O2/c12-10-2-1-9(16-10)11(15)14-6-4-8-3-5-13-7-8/h1-2,8,13H,3-7H2,(H,14,15). The van der Waals surface area contributed by atoms with Crippen molar-refractivity contribution in [2.24, 2.45) is 5.92 Å². The van der Waals surface area contributed by atoms with Crippen LogP contribution in [-0.2, 0) is 0 Å². The Balaban J connectivity index is 1.71. The number of nitrogens with one attached hydrogen (secondary N) is 2. The Bertz CT molecular complexity index is 359. The zero-order valence-corrected chi connectivity index (χ0v) is 9.72. The van der Waals surface area contributed by atoms with Gasteiger partial charge < -0.3 is 15.1 Å². The molecular weight excluding hydrogens is 228 g/mol. The van der Waals surface area contributed by atoms with Crippen molar-refractivity contribution in [1.29, 1.82) is 0 Å². The molecule has 1 aromatic rings. The van der Waals surface area contributed by atoms with Gasteiger partial charge in [-0.2, -0.15) is 0 Å². The Morgan fingerprint density at radius 3 is 3.12 bits per heavy atom. The van der Waals surface area contributed by atoms with Crippen molar-refractivity contribution in [1.82, 2.24) is 10.6 Å². The van der Waals surface area contributed by atoms with Gasteiger partial charge >= 0.3 is 0 Å². The highest BCUT2D eigenvalue weighted by Crippen LogP contribution is 2.13. The van der Waals surface area contributed by atoms with E-state index in [0.717, 1.165) is 19.5 Å². The topological polar surface area (TPSA) is 54.3 Å². The van der Waals surface area contributed by atoms with E-state index < -0.39 is 0 Å². The summed E-state index contributed by atoms with van der Waals surface area (Å²) in [6, 6.07) is 3.14. The fourth-order valence-electron chi connectivity index (χ4n) is 1.87. The summed E-state index contributed by atoms with van der Waals surface area (Å²) in [6.07, 6.45) is 2.20. The predicted octanol–water partition coefficient (Wildman–Crippen LogP) is 1.66. The predicted molar refractivity (Wildman–Crippen MR) is 61.6 cm³/mol. The molecule has 2 N–H and O–H groups in total. The number of carbonyl (C=O) groups excluding carboxylic acids is 1. The van der Waals surface area contributed by atoms with Gasteiger partial charge in [-0.15, -0.1) is 0 Å². The fraction of sp³-hybridized carbons (Fsp3) is 0.545. The van der Waals surface area contributed by atoms with Crippen molar-refractivity contribution >= 4 is 17.5 Å². The van der Waals surface area contributed by atoms with Gasteiger partial charge in [0.1, 0.15) is 0 Å². The largest absolute Gasteiger partial charge is 0.440 e. The molecule has 4 nitrogen and oxygen atoms in total. The smallest absolute Gasteiger partial charge is 0.287 e. The molecule has 16 heavy (non-hydrogen) atoms. The monoisotopic (exact) mass is 242 g/mol. The molecule has 0 bridgehead atoms. The summed E-state index contributed by atoms with van der Waals surface area (Å²) < 4.78 is 5.01. The highest BCUT2D eigenvalue weighted by atomic mass is 35.5. The zero-order chi connectivity index (χ0) is 11.4. The first-order valence-corrected chi connectivity index (χ1v) is 5.88. The van der Waals surface area contributed by atoms with Gasteiger partial charge in [0, 0.05) is 6.54 Å². The Kier molecular flexibility index (Phi) is 3.85. The van der Waals surface area contributed by atoms with E-state index in [-0.39, 0.29) is 16.9 Å². The zero-order valence-electron chi connectivity index (χ0n) is 8.96. The average Bonchev–Trinajstić information content (AvgIpc) is 2.89. The van der Waals surface area contributed by atoms with Gasteiger partial charge in [0.25, 0.3) is 5.91 Å². The third kappa shape index (κ3) is 3.00. The maximum Gasteiger partial charge on any atom is 0.287 e. The minimum atomic E-state index is -0.196. The summed E-state index contributed by atoms with van der Waals surface area (Å²) in [5.41, 5.74) is 0. The van der Waals surface area contributed by atoms with Crippen molar-refractivity contribution in [3.8, 4) is 0 Å². The van der Waals surface area contributed by atoms with Crippen LogP contribution in [0.2, 0.25) is 5.22 Å². The van der Waals surface area contributed by atoms with Crippen LogP contribution < -0.4 is 10.6 Å². The lowest BCUT2D eigenvalue weighted by Crippen LogP contribution is -2.26. The molecule has 1 aliphatic heterocycles. The van der Waals surface area contributed by atoms with Crippen LogP contribution in [-0.4, -0.2) is 25.5 Å². The number of hydrogen-bond acceptors (Lipinski definition) is 3. The molecule has 0 spiro atoms. The first-order valence-electron chi connectivity index (χ1n) is 5.50. The first-order chi connectivity index (χ1) is 7.75. The van der Waals surface area contributed by atoms with Crippen LogP contribution in [0.3, 0.4) is 0 Å². The second kappa shape index (κ2) is 5.37. The van der Waals surface area contributed by atoms with E-state index in [1.807, 2.05) is 0 Å². The molecule has 1 amide bonds. The highest BCUT2D eigenvalue weighted by molar-refractivity contribution is 6.29. The second-order valence-electron chi connectivity index (χ2n) is 4.01. The van der Waals surface area contributed by atoms with Crippen molar-refractivity contribution in [3.63, 3.8) is 0 Å². The molecular formula is C11H15ClN2O2. The quantitative estimate of drug-likeness (QED) is 0.845. The van der Waals surface area contributed by atoms with E-state index in [1.54, 1.807) is 12.1 Å². The fourth-order valence-corrected chi connectivity index (χ4v) is 2.02. The summed E-state index contributed by atoms with van der Waals surface area (Å²) >= 11 is 5.59. The van der Waals surface area contributed by atoms with Gasteiger partial charge in [0.15, 0.2) is 11.0 Å². The molecule has 0 radical (unpaired) electrons. The normalized spacial score (nSPS) is 19.9. The van der Waals surface area contributed by atoms with E-state index in [9.17, 15) is 4.79 Å². The van der Waals surface area contributed by atoms with Crippen molar-refractivity contribution in [2.45, 2.75) is 12.8 Å². The molecule has 1 atom stereocenters. The van der Waals surface area contributed by atoms with Gasteiger partial charge in [-0.25, -0.2) is 0 Å². The minimum Gasteiger partial charge on any atom is -0.440 e. The molecule has 1 aromatic heterocycles. The minimum absolute atomic E-state index is 0.196. The summed E-state index contributed by atoms with van der Waals surface area (Å²) in [4.78, 5) is 11.6. The number of furan rings is 1. The van der Waals surface area contributed by atoms with Crippen LogP contribution in [0.15, 0.2) is 16.5 Å². The SMILES string of the molecule is O=C(NCCC1CCNC1)c1ccc(Cl)o1. The third-order valence-corrected chi connectivity index (χ3v) is 3.00. The Hall–Kier alpha value is -1.00. The van der Waals surface area contributed by atoms with Crippen molar-refractivity contribution in [3.05, 3.63) is 23.1 Å². The van der Waals surface area contributed by atoms with Gasteiger partial charge in [-0.1, -0.05) is 0 Å². The number of carbonyl (C=O) groups is 1. The molecule has 1 saturated heterocycles. The number of halogens is 1. The second-order valence-corrected chi connectivity index (χ2v) is 4.38. The summed E-state index contributed by atoms with van der Waals surface area (Å²) in [6.45, 7) is 2.83. The van der Waals surface area contributed by atoms with Crippen LogP contribution in [0.1, 0.15) is 23.4 Å². The molecule has 0 aromatic carbocycles. The molecule has 2 rings (SSSR count). The van der Waals surface area contributed by atoms with E-state index in [4.69, 9.17) is 16.0 Å². The Labute approximate surface area is 99.3 Å². The van der Waals surface area contributed by atoms with Gasteiger partial charge in [-0.3, -0.25) is 4.79 Å². The maximum absolute atomic E-state index is 11.6.